The maximum absolute atomic E-state index is 5.95. The Kier molecular flexibility index (Phi) is 6.94. The fraction of sp³-hybridized carbons (Fsp3) is 0.600. The Balaban J connectivity index is 2.73. The highest BCUT2D eigenvalue weighted by atomic mass is 16.5. The third-order valence-electron chi connectivity index (χ3n) is 3.22. The molecule has 0 bridgehead atoms. The topological polar surface area (TPSA) is 38.5 Å². The van der Waals surface area contributed by atoms with Crippen molar-refractivity contribution in [3.63, 3.8) is 0 Å². The van der Waals surface area contributed by atoms with E-state index < -0.39 is 0 Å². The molecule has 1 unspecified atom stereocenters. The van der Waals surface area contributed by atoms with E-state index in [4.69, 9.17) is 10.5 Å². The molecule has 0 aliphatic carbocycles. The molecule has 3 nitrogen and oxygen atoms in total. The van der Waals surface area contributed by atoms with Crippen LogP contribution in [-0.2, 0) is 4.74 Å². The largest absolute Gasteiger partial charge is 0.380 e. The Hall–Kier alpha value is -0.900. The standard InChI is InChI=1S/C15H26N2O/c1-4-17(9-10-18-5-2)15(12-16)14-8-6-7-13(3)11-14/h6-8,11,15H,4-5,9-10,12,16H2,1-3H3. The van der Waals surface area contributed by atoms with Gasteiger partial charge in [-0.2, -0.15) is 0 Å². The molecule has 0 amide bonds. The van der Waals surface area contributed by atoms with E-state index in [2.05, 4.69) is 43.0 Å². The van der Waals surface area contributed by atoms with Crippen molar-refractivity contribution in [2.45, 2.75) is 26.8 Å². The fourth-order valence-corrected chi connectivity index (χ4v) is 2.23. The first-order valence-electron chi connectivity index (χ1n) is 6.81. The minimum atomic E-state index is 0.287. The zero-order valence-corrected chi connectivity index (χ0v) is 11.9. The molecule has 0 heterocycles. The van der Waals surface area contributed by atoms with Gasteiger partial charge in [0.1, 0.15) is 0 Å². The molecule has 0 aliphatic heterocycles. The summed E-state index contributed by atoms with van der Waals surface area (Å²) >= 11 is 0. The molecule has 0 saturated carbocycles. The van der Waals surface area contributed by atoms with Crippen LogP contribution in [-0.4, -0.2) is 37.7 Å². The minimum Gasteiger partial charge on any atom is -0.380 e. The van der Waals surface area contributed by atoms with Crippen molar-refractivity contribution < 1.29 is 4.74 Å². The third kappa shape index (κ3) is 4.41. The van der Waals surface area contributed by atoms with Crippen LogP contribution in [0.5, 0.6) is 0 Å². The number of nitrogens with two attached hydrogens (primary N) is 1. The highest BCUT2D eigenvalue weighted by Crippen LogP contribution is 2.20. The second kappa shape index (κ2) is 8.25. The number of benzene rings is 1. The van der Waals surface area contributed by atoms with Crippen LogP contribution < -0.4 is 5.73 Å². The summed E-state index contributed by atoms with van der Waals surface area (Å²) in [7, 11) is 0. The zero-order valence-electron chi connectivity index (χ0n) is 11.9. The van der Waals surface area contributed by atoms with Crippen molar-refractivity contribution in [3.8, 4) is 0 Å². The summed E-state index contributed by atoms with van der Waals surface area (Å²) in [5.41, 5.74) is 8.54. The van der Waals surface area contributed by atoms with Crippen molar-refractivity contribution in [2.24, 2.45) is 5.73 Å². The lowest BCUT2D eigenvalue weighted by atomic mass is 10.0. The van der Waals surface area contributed by atoms with E-state index in [1.54, 1.807) is 0 Å². The number of ether oxygens (including phenoxy) is 1. The first-order valence-corrected chi connectivity index (χ1v) is 6.81. The molecular formula is C15H26N2O. The molecule has 0 saturated heterocycles. The summed E-state index contributed by atoms with van der Waals surface area (Å²) in [6, 6.07) is 8.89. The minimum absolute atomic E-state index is 0.287. The van der Waals surface area contributed by atoms with Gasteiger partial charge >= 0.3 is 0 Å². The molecule has 1 aromatic carbocycles. The summed E-state index contributed by atoms with van der Waals surface area (Å²) < 4.78 is 5.44. The van der Waals surface area contributed by atoms with Gasteiger partial charge in [-0.15, -0.1) is 0 Å². The second-order valence-electron chi connectivity index (χ2n) is 4.49. The van der Waals surface area contributed by atoms with Crippen LogP contribution in [0.2, 0.25) is 0 Å². The smallest absolute Gasteiger partial charge is 0.0593 e. The van der Waals surface area contributed by atoms with E-state index >= 15 is 0 Å². The molecule has 2 N–H and O–H groups in total. The normalized spacial score (nSPS) is 12.9. The summed E-state index contributed by atoms with van der Waals surface area (Å²) in [6.45, 7) is 10.4. The Morgan fingerprint density at radius 2 is 2.11 bits per heavy atom. The lowest BCUT2D eigenvalue weighted by molar-refractivity contribution is 0.0980. The number of aryl methyl sites for hydroxylation is 1. The number of hydrogen-bond donors (Lipinski definition) is 1. The fourth-order valence-electron chi connectivity index (χ4n) is 2.23. The zero-order chi connectivity index (χ0) is 13.4. The van der Waals surface area contributed by atoms with Crippen molar-refractivity contribution in [3.05, 3.63) is 35.4 Å². The molecule has 0 fully saturated rings. The van der Waals surface area contributed by atoms with E-state index in [0.29, 0.717) is 6.54 Å². The van der Waals surface area contributed by atoms with Crippen LogP contribution in [0.15, 0.2) is 24.3 Å². The van der Waals surface area contributed by atoms with Crippen LogP contribution in [0, 0.1) is 6.92 Å². The van der Waals surface area contributed by atoms with Crippen LogP contribution in [0.25, 0.3) is 0 Å². The monoisotopic (exact) mass is 250 g/mol. The van der Waals surface area contributed by atoms with Crippen LogP contribution in [0.3, 0.4) is 0 Å². The van der Waals surface area contributed by atoms with Gasteiger partial charge in [-0.25, -0.2) is 0 Å². The summed E-state index contributed by atoms with van der Waals surface area (Å²) in [5, 5.41) is 0. The van der Waals surface area contributed by atoms with E-state index in [0.717, 1.165) is 26.3 Å². The third-order valence-corrected chi connectivity index (χ3v) is 3.22. The van der Waals surface area contributed by atoms with Gasteiger partial charge in [0.25, 0.3) is 0 Å². The van der Waals surface area contributed by atoms with Crippen LogP contribution in [0.1, 0.15) is 31.0 Å². The first-order chi connectivity index (χ1) is 8.72. The maximum Gasteiger partial charge on any atom is 0.0593 e. The highest BCUT2D eigenvalue weighted by molar-refractivity contribution is 5.25. The average molecular weight is 250 g/mol. The molecule has 3 heteroatoms. The maximum atomic E-state index is 5.95. The lowest BCUT2D eigenvalue weighted by Crippen LogP contribution is -2.36. The molecular weight excluding hydrogens is 224 g/mol. The molecule has 18 heavy (non-hydrogen) atoms. The summed E-state index contributed by atoms with van der Waals surface area (Å²) in [6.07, 6.45) is 0. The quantitative estimate of drug-likeness (QED) is 0.720. The molecule has 0 radical (unpaired) electrons. The molecule has 102 valence electrons. The van der Waals surface area contributed by atoms with E-state index in [9.17, 15) is 0 Å². The van der Waals surface area contributed by atoms with Gasteiger partial charge in [-0.3, -0.25) is 4.90 Å². The Labute approximate surface area is 111 Å². The van der Waals surface area contributed by atoms with Crippen LogP contribution in [0.4, 0.5) is 0 Å². The number of nitrogens with zero attached hydrogens (tertiary/aromatic N) is 1. The SMILES string of the molecule is CCOCCN(CC)C(CN)c1cccc(C)c1. The van der Waals surface area contributed by atoms with Gasteiger partial charge in [0.15, 0.2) is 0 Å². The molecule has 0 aliphatic rings. The van der Waals surface area contributed by atoms with E-state index in [1.165, 1.54) is 11.1 Å². The molecule has 1 aromatic rings. The summed E-state index contributed by atoms with van der Waals surface area (Å²) in [4.78, 5) is 2.38. The Bertz CT molecular complexity index is 341. The Morgan fingerprint density at radius 3 is 2.67 bits per heavy atom. The van der Waals surface area contributed by atoms with Gasteiger partial charge < -0.3 is 10.5 Å². The van der Waals surface area contributed by atoms with Crippen molar-refractivity contribution in [2.75, 3.05) is 32.8 Å². The van der Waals surface area contributed by atoms with E-state index in [1.807, 2.05) is 6.92 Å². The number of rotatable bonds is 8. The first kappa shape index (κ1) is 15.2. The second-order valence-corrected chi connectivity index (χ2v) is 4.49. The number of likely N-dealkylation sites (N-methyl/N-ethyl adjacent to an activating group) is 1. The lowest BCUT2D eigenvalue weighted by Gasteiger charge is -2.30. The number of hydrogen-bond acceptors (Lipinski definition) is 3. The van der Waals surface area contributed by atoms with Crippen molar-refractivity contribution in [1.82, 2.24) is 4.90 Å². The van der Waals surface area contributed by atoms with Gasteiger partial charge in [0, 0.05) is 25.7 Å². The average Bonchev–Trinajstić information content (AvgIpc) is 2.38. The van der Waals surface area contributed by atoms with Crippen molar-refractivity contribution in [1.29, 1.82) is 0 Å². The molecule has 1 atom stereocenters. The van der Waals surface area contributed by atoms with E-state index in [-0.39, 0.29) is 6.04 Å². The van der Waals surface area contributed by atoms with Gasteiger partial charge in [0.2, 0.25) is 0 Å². The van der Waals surface area contributed by atoms with Crippen molar-refractivity contribution >= 4 is 0 Å². The predicted molar refractivity (Wildman–Crippen MR) is 76.7 cm³/mol. The van der Waals surface area contributed by atoms with Crippen LogP contribution >= 0.6 is 0 Å². The molecule has 0 aromatic heterocycles. The predicted octanol–water partition coefficient (Wildman–Crippen LogP) is 2.35. The van der Waals surface area contributed by atoms with Gasteiger partial charge in [-0.05, 0) is 26.0 Å². The van der Waals surface area contributed by atoms with Gasteiger partial charge in [-0.1, -0.05) is 36.8 Å². The highest BCUT2D eigenvalue weighted by Gasteiger charge is 2.17. The molecule has 0 spiro atoms. The molecule has 1 rings (SSSR count). The van der Waals surface area contributed by atoms with Gasteiger partial charge in [0.05, 0.1) is 6.61 Å². The Morgan fingerprint density at radius 1 is 1.33 bits per heavy atom. The summed E-state index contributed by atoms with van der Waals surface area (Å²) in [5.74, 6) is 0.